The van der Waals surface area contributed by atoms with E-state index in [9.17, 15) is 19.2 Å². The zero-order valence-corrected chi connectivity index (χ0v) is 24.1. The molecule has 4 aromatic rings. The van der Waals surface area contributed by atoms with Gasteiger partial charge >= 0.3 is 0 Å². The summed E-state index contributed by atoms with van der Waals surface area (Å²) in [5.41, 5.74) is 13.5. The summed E-state index contributed by atoms with van der Waals surface area (Å²) in [6.07, 6.45) is 1.04. The van der Waals surface area contributed by atoms with Crippen LogP contribution in [0.1, 0.15) is 25.7 Å². The van der Waals surface area contributed by atoms with E-state index < -0.39 is 23.6 Å². The van der Waals surface area contributed by atoms with Crippen LogP contribution in [0.5, 0.6) is 11.5 Å². The van der Waals surface area contributed by atoms with Gasteiger partial charge in [-0.3, -0.25) is 40.9 Å². The lowest BCUT2D eigenvalue weighted by Crippen LogP contribution is -2.44. The van der Waals surface area contributed by atoms with E-state index in [4.69, 9.17) is 9.47 Å². The van der Waals surface area contributed by atoms with Gasteiger partial charge in [-0.2, -0.15) is 0 Å². The van der Waals surface area contributed by atoms with Crippen LogP contribution in [0, 0.1) is 0 Å². The quantitative estimate of drug-likeness (QED) is 0.134. The van der Waals surface area contributed by atoms with Crippen molar-refractivity contribution in [1.82, 2.24) is 21.7 Å². The summed E-state index contributed by atoms with van der Waals surface area (Å²) in [6.45, 7) is -0.523. The topological polar surface area (TPSA) is 135 Å². The van der Waals surface area contributed by atoms with Gasteiger partial charge in [0.15, 0.2) is 13.2 Å². The van der Waals surface area contributed by atoms with Crippen molar-refractivity contribution in [3.05, 3.63) is 109 Å². The number of carbonyl (C=O) groups excluding carboxylic acids is 4. The molecular formula is C34H34N4O6. The summed E-state index contributed by atoms with van der Waals surface area (Å²) < 4.78 is 10.9. The molecule has 10 heteroatoms. The predicted molar refractivity (Wildman–Crippen MR) is 166 cm³/mol. The summed E-state index contributed by atoms with van der Waals surface area (Å²) in [4.78, 5) is 48.0. The monoisotopic (exact) mass is 594 g/mol. The molecule has 0 aliphatic rings. The van der Waals surface area contributed by atoms with Crippen molar-refractivity contribution in [3.8, 4) is 33.8 Å². The number of hydrazine groups is 2. The van der Waals surface area contributed by atoms with Gasteiger partial charge in [-0.25, -0.2) is 0 Å². The molecular weight excluding hydrogens is 560 g/mol. The van der Waals surface area contributed by atoms with Crippen LogP contribution in [0.15, 0.2) is 109 Å². The Labute approximate surface area is 255 Å². The lowest BCUT2D eigenvalue weighted by molar-refractivity contribution is -0.130. The van der Waals surface area contributed by atoms with Crippen molar-refractivity contribution in [2.75, 3.05) is 13.2 Å². The third-order valence-corrected chi connectivity index (χ3v) is 6.40. The van der Waals surface area contributed by atoms with E-state index >= 15 is 0 Å². The van der Waals surface area contributed by atoms with Gasteiger partial charge in [0.05, 0.1) is 0 Å². The Morgan fingerprint density at radius 2 is 0.727 bits per heavy atom. The van der Waals surface area contributed by atoms with E-state index in [1.165, 1.54) is 0 Å². The minimum Gasteiger partial charge on any atom is -0.484 e. The molecule has 0 spiro atoms. The summed E-state index contributed by atoms with van der Waals surface area (Å²) >= 11 is 0. The van der Waals surface area contributed by atoms with Crippen molar-refractivity contribution in [2.24, 2.45) is 0 Å². The summed E-state index contributed by atoms with van der Waals surface area (Å²) in [7, 11) is 0. The van der Waals surface area contributed by atoms with E-state index in [0.29, 0.717) is 24.3 Å². The lowest BCUT2D eigenvalue weighted by Gasteiger charge is -2.10. The molecule has 226 valence electrons. The summed E-state index contributed by atoms with van der Waals surface area (Å²) in [5.74, 6) is -0.743. The van der Waals surface area contributed by atoms with Crippen LogP contribution < -0.4 is 31.2 Å². The molecule has 4 aromatic carbocycles. The fourth-order valence-electron chi connectivity index (χ4n) is 4.09. The second kappa shape index (κ2) is 16.7. The Balaban J connectivity index is 1.01. The van der Waals surface area contributed by atoms with Crippen LogP contribution in [0.4, 0.5) is 0 Å². The minimum atomic E-state index is -0.506. The molecule has 4 rings (SSSR count). The maximum atomic E-state index is 12.0. The van der Waals surface area contributed by atoms with E-state index in [1.807, 2.05) is 84.9 Å². The maximum Gasteiger partial charge on any atom is 0.276 e. The lowest BCUT2D eigenvalue weighted by atomic mass is 10.1. The molecule has 0 unspecified atom stereocenters. The molecule has 0 atom stereocenters. The molecule has 4 N–H and O–H groups in total. The molecule has 10 nitrogen and oxygen atoms in total. The highest BCUT2D eigenvalue weighted by Gasteiger charge is 2.09. The van der Waals surface area contributed by atoms with Crippen molar-refractivity contribution in [1.29, 1.82) is 0 Å². The number of amides is 4. The Hall–Kier alpha value is -5.64. The van der Waals surface area contributed by atoms with Gasteiger partial charge in [-0.15, -0.1) is 0 Å². The van der Waals surface area contributed by atoms with E-state index in [-0.39, 0.29) is 26.1 Å². The molecule has 0 fully saturated rings. The zero-order chi connectivity index (χ0) is 31.0. The first kappa shape index (κ1) is 31.3. The van der Waals surface area contributed by atoms with Crippen molar-refractivity contribution in [3.63, 3.8) is 0 Å². The minimum absolute atomic E-state index is 0.110. The van der Waals surface area contributed by atoms with E-state index in [1.54, 1.807) is 24.3 Å². The molecule has 0 heterocycles. The smallest absolute Gasteiger partial charge is 0.276 e. The van der Waals surface area contributed by atoms with Gasteiger partial charge in [0.1, 0.15) is 11.5 Å². The average molecular weight is 595 g/mol. The molecule has 0 saturated carbocycles. The average Bonchev–Trinajstić information content (AvgIpc) is 3.07. The van der Waals surface area contributed by atoms with Gasteiger partial charge < -0.3 is 9.47 Å². The van der Waals surface area contributed by atoms with Crippen LogP contribution >= 0.6 is 0 Å². The molecule has 0 saturated heterocycles. The summed E-state index contributed by atoms with van der Waals surface area (Å²) in [5, 5.41) is 0. The summed E-state index contributed by atoms with van der Waals surface area (Å²) in [6, 6.07) is 34.5. The first-order valence-electron chi connectivity index (χ1n) is 14.2. The fraction of sp³-hybridized carbons (Fsp3) is 0.176. The number of hydrogen-bond acceptors (Lipinski definition) is 6. The van der Waals surface area contributed by atoms with Gasteiger partial charge in [-0.05, 0) is 59.4 Å². The van der Waals surface area contributed by atoms with E-state index in [2.05, 4.69) is 21.7 Å². The Bertz CT molecular complexity index is 1390. The Morgan fingerprint density at radius 3 is 1.09 bits per heavy atom. The van der Waals surface area contributed by atoms with Crippen LogP contribution in [0.2, 0.25) is 0 Å². The third-order valence-electron chi connectivity index (χ3n) is 6.40. The highest BCUT2D eigenvalue weighted by atomic mass is 16.5. The SMILES string of the molecule is O=C(CCCCC(=O)NNC(=O)COc1ccc(-c2ccccc2)cc1)NNC(=O)COc1ccc(-c2ccccc2)cc1. The van der Waals surface area contributed by atoms with Crippen LogP contribution in [-0.4, -0.2) is 36.8 Å². The van der Waals surface area contributed by atoms with Crippen LogP contribution in [0.25, 0.3) is 22.3 Å². The van der Waals surface area contributed by atoms with Crippen LogP contribution in [-0.2, 0) is 19.2 Å². The van der Waals surface area contributed by atoms with Crippen molar-refractivity contribution < 1.29 is 28.7 Å². The second-order valence-electron chi connectivity index (χ2n) is 9.76. The molecule has 4 amide bonds. The second-order valence-corrected chi connectivity index (χ2v) is 9.76. The third kappa shape index (κ3) is 10.6. The Morgan fingerprint density at radius 1 is 0.409 bits per heavy atom. The van der Waals surface area contributed by atoms with E-state index in [0.717, 1.165) is 22.3 Å². The number of benzene rings is 4. The van der Waals surface area contributed by atoms with Crippen molar-refractivity contribution >= 4 is 23.6 Å². The molecule has 0 aliphatic heterocycles. The predicted octanol–water partition coefficient (Wildman–Crippen LogP) is 4.33. The molecule has 0 aromatic heterocycles. The number of carbonyl (C=O) groups is 4. The first-order valence-corrected chi connectivity index (χ1v) is 14.2. The zero-order valence-electron chi connectivity index (χ0n) is 24.1. The molecule has 0 radical (unpaired) electrons. The highest BCUT2D eigenvalue weighted by molar-refractivity contribution is 5.83. The van der Waals surface area contributed by atoms with Gasteiger partial charge in [0.25, 0.3) is 11.8 Å². The van der Waals surface area contributed by atoms with Gasteiger partial charge in [-0.1, -0.05) is 84.9 Å². The maximum absolute atomic E-state index is 12.0. The number of hydrogen-bond donors (Lipinski definition) is 4. The number of unbranched alkanes of at least 4 members (excludes halogenated alkanes) is 1. The number of ether oxygens (including phenoxy) is 2. The van der Waals surface area contributed by atoms with Crippen LogP contribution in [0.3, 0.4) is 0 Å². The van der Waals surface area contributed by atoms with Crippen molar-refractivity contribution in [2.45, 2.75) is 25.7 Å². The normalized spacial score (nSPS) is 10.3. The number of nitrogens with one attached hydrogen (secondary N) is 4. The first-order chi connectivity index (χ1) is 21.5. The Kier molecular flexibility index (Phi) is 11.9. The van der Waals surface area contributed by atoms with Gasteiger partial charge in [0, 0.05) is 12.8 Å². The van der Waals surface area contributed by atoms with Gasteiger partial charge in [0.2, 0.25) is 11.8 Å². The standard InChI is InChI=1S/C34H34N4O6/c39-31(35-37-33(41)23-43-29-19-15-27(16-20-29)25-9-3-1-4-10-25)13-7-8-14-32(40)36-38-34(42)24-44-30-21-17-28(18-22-30)26-11-5-2-6-12-26/h1-6,9-12,15-22H,7-8,13-14,23-24H2,(H,35,39)(H,36,40)(H,37,41)(H,38,42). The molecule has 0 aliphatic carbocycles. The molecule has 0 bridgehead atoms. The fourth-order valence-corrected chi connectivity index (χ4v) is 4.09. The highest BCUT2D eigenvalue weighted by Crippen LogP contribution is 2.23. The largest absolute Gasteiger partial charge is 0.484 e. The number of rotatable bonds is 13. The molecule has 44 heavy (non-hydrogen) atoms.